The highest BCUT2D eigenvalue weighted by Gasteiger charge is 2.50. The molecule has 2 amide bonds. The summed E-state index contributed by atoms with van der Waals surface area (Å²) in [7, 11) is 0. The zero-order chi connectivity index (χ0) is 30.8. The second-order valence-electron chi connectivity index (χ2n) is 9.12. The van der Waals surface area contributed by atoms with Crippen LogP contribution < -0.4 is 4.31 Å². The van der Waals surface area contributed by atoms with Crippen molar-refractivity contribution >= 4 is 68.6 Å². The van der Waals surface area contributed by atoms with Crippen LogP contribution in [0.4, 0.5) is 29.3 Å². The zero-order valence-electron chi connectivity index (χ0n) is 21.9. The predicted molar refractivity (Wildman–Crippen MR) is 155 cm³/mol. The third-order valence-corrected chi connectivity index (χ3v) is 8.12. The summed E-state index contributed by atoms with van der Waals surface area (Å²) in [5.74, 6) is -0.753. The number of nitro groups is 1. The number of carbonyl (C=O) groups is 2. The molecule has 0 fully saturated rings. The Morgan fingerprint density at radius 3 is 2.45 bits per heavy atom. The first-order valence-electron chi connectivity index (χ1n) is 12.2. The Morgan fingerprint density at radius 2 is 1.86 bits per heavy atom. The van der Waals surface area contributed by atoms with Crippen LogP contribution in [-0.4, -0.2) is 40.8 Å². The second kappa shape index (κ2) is 12.3. The fraction of sp³-hybridized carbons (Fsp3) is 0.222. The third kappa shape index (κ3) is 6.40. The smallest absolute Gasteiger partial charge is 0.417 e. The molecule has 0 aliphatic carbocycles. The number of hydrogen-bond acceptors (Lipinski definition) is 7. The molecule has 1 aliphatic heterocycles. The van der Waals surface area contributed by atoms with E-state index in [-0.39, 0.29) is 35.0 Å². The van der Waals surface area contributed by atoms with Gasteiger partial charge in [-0.2, -0.15) is 18.3 Å². The van der Waals surface area contributed by atoms with Crippen LogP contribution in [0, 0.1) is 15.5 Å². The standard InChI is InChI=1S/C27H21BrClF3N4O5S/c1-3-41-24(37)26(2)15-34(33-23(26)16-8-13-19(20(29)14-16)27(30,31)32)25(38)35(18-11-9-17(28)10-12-18)42-22-7-5-4-6-21(22)36(39)40/h4-14H,3,15H2,1-2H3. The van der Waals surface area contributed by atoms with E-state index in [1.807, 2.05) is 0 Å². The molecular formula is C27H21BrClF3N4O5S. The molecule has 3 aromatic rings. The van der Waals surface area contributed by atoms with Crippen molar-refractivity contribution in [2.45, 2.75) is 24.9 Å². The number of rotatable bonds is 7. The quantitative estimate of drug-likeness (QED) is 0.108. The highest BCUT2D eigenvalue weighted by Crippen LogP contribution is 2.41. The van der Waals surface area contributed by atoms with Crippen molar-refractivity contribution in [1.29, 1.82) is 0 Å². The second-order valence-corrected chi connectivity index (χ2v) is 11.4. The number of halogens is 5. The number of ether oxygens (including phenoxy) is 1. The van der Waals surface area contributed by atoms with Gasteiger partial charge >= 0.3 is 18.2 Å². The first-order valence-corrected chi connectivity index (χ1v) is 14.1. The van der Waals surface area contributed by atoms with Crippen molar-refractivity contribution in [3.63, 3.8) is 0 Å². The number of urea groups is 1. The van der Waals surface area contributed by atoms with Gasteiger partial charge < -0.3 is 4.74 Å². The molecule has 42 heavy (non-hydrogen) atoms. The molecule has 4 rings (SSSR count). The van der Waals surface area contributed by atoms with E-state index in [4.69, 9.17) is 16.3 Å². The highest BCUT2D eigenvalue weighted by atomic mass is 79.9. The Bertz CT molecular complexity index is 1570. The lowest BCUT2D eigenvalue weighted by Crippen LogP contribution is -2.43. The van der Waals surface area contributed by atoms with Gasteiger partial charge in [-0.25, -0.2) is 14.1 Å². The maximum atomic E-state index is 14.0. The molecule has 1 heterocycles. The van der Waals surface area contributed by atoms with Gasteiger partial charge in [0.2, 0.25) is 0 Å². The van der Waals surface area contributed by atoms with Gasteiger partial charge in [-0.1, -0.05) is 45.7 Å². The number of amides is 2. The van der Waals surface area contributed by atoms with Crippen LogP contribution in [0.1, 0.15) is 25.0 Å². The third-order valence-electron chi connectivity index (χ3n) is 6.19. The van der Waals surface area contributed by atoms with E-state index < -0.39 is 39.1 Å². The largest absolute Gasteiger partial charge is 0.465 e. The van der Waals surface area contributed by atoms with Gasteiger partial charge in [0.1, 0.15) is 10.3 Å². The van der Waals surface area contributed by atoms with Crippen LogP contribution in [-0.2, 0) is 15.7 Å². The topological polar surface area (TPSA) is 105 Å². The molecule has 9 nitrogen and oxygen atoms in total. The summed E-state index contributed by atoms with van der Waals surface area (Å²) in [6.45, 7) is 2.72. The van der Waals surface area contributed by atoms with E-state index in [0.29, 0.717) is 10.2 Å². The Morgan fingerprint density at radius 1 is 1.19 bits per heavy atom. The first-order chi connectivity index (χ1) is 19.8. The normalized spacial score (nSPS) is 16.6. The van der Waals surface area contributed by atoms with Crippen molar-refractivity contribution in [1.82, 2.24) is 5.01 Å². The van der Waals surface area contributed by atoms with Gasteiger partial charge in [0.05, 0.1) is 40.1 Å². The summed E-state index contributed by atoms with van der Waals surface area (Å²) >= 11 is 10.1. The van der Waals surface area contributed by atoms with Gasteiger partial charge in [-0.3, -0.25) is 14.9 Å². The van der Waals surface area contributed by atoms with Crippen LogP contribution in [0.25, 0.3) is 0 Å². The summed E-state index contributed by atoms with van der Waals surface area (Å²) in [6, 6.07) is 14.5. The van der Waals surface area contributed by atoms with Gasteiger partial charge in [-0.15, -0.1) is 0 Å². The van der Waals surface area contributed by atoms with Gasteiger partial charge in [0.25, 0.3) is 5.69 Å². The maximum Gasteiger partial charge on any atom is 0.417 e. The molecule has 1 atom stereocenters. The van der Waals surface area contributed by atoms with E-state index in [2.05, 4.69) is 21.0 Å². The number of para-hydroxylation sites is 1. The molecule has 1 aliphatic rings. The summed E-state index contributed by atoms with van der Waals surface area (Å²) < 4.78 is 47.2. The van der Waals surface area contributed by atoms with Crippen LogP contribution >= 0.6 is 39.5 Å². The molecule has 0 radical (unpaired) electrons. The molecule has 3 aromatic carbocycles. The Balaban J connectivity index is 1.80. The number of carbonyl (C=O) groups excluding carboxylic acids is 2. The Hall–Kier alpha value is -3.62. The number of benzene rings is 3. The van der Waals surface area contributed by atoms with E-state index in [1.165, 1.54) is 29.4 Å². The first kappa shape index (κ1) is 31.3. The van der Waals surface area contributed by atoms with E-state index >= 15 is 0 Å². The molecule has 220 valence electrons. The number of anilines is 1. The highest BCUT2D eigenvalue weighted by molar-refractivity contribution is 9.10. The maximum absolute atomic E-state index is 14.0. The molecule has 15 heteroatoms. The minimum absolute atomic E-state index is 0.00195. The number of nitrogens with zero attached hydrogens (tertiary/aromatic N) is 4. The van der Waals surface area contributed by atoms with Gasteiger partial charge in [-0.05, 0) is 56.3 Å². The fourth-order valence-electron chi connectivity index (χ4n) is 4.14. The lowest BCUT2D eigenvalue weighted by atomic mass is 9.82. The SMILES string of the molecule is CCOC(=O)C1(C)CN(C(=O)N(Sc2ccccc2[N+](=O)[O-])c2ccc(Br)cc2)N=C1c1ccc(C(F)(F)F)c(Cl)c1. The van der Waals surface area contributed by atoms with E-state index in [1.54, 1.807) is 37.3 Å². The number of esters is 1. The summed E-state index contributed by atoms with van der Waals surface area (Å²) in [5.41, 5.74) is -2.50. The number of hydrazone groups is 1. The average molecular weight is 686 g/mol. The van der Waals surface area contributed by atoms with Crippen LogP contribution in [0.3, 0.4) is 0 Å². The van der Waals surface area contributed by atoms with Crippen molar-refractivity contribution in [2.24, 2.45) is 10.5 Å². The van der Waals surface area contributed by atoms with E-state index in [9.17, 15) is 32.9 Å². The molecule has 0 saturated carbocycles. The molecule has 0 aromatic heterocycles. The minimum Gasteiger partial charge on any atom is -0.465 e. The Labute approximate surface area is 255 Å². The fourth-order valence-corrected chi connectivity index (χ4v) is 5.66. The molecule has 0 spiro atoms. The Kier molecular flexibility index (Phi) is 9.18. The molecule has 1 unspecified atom stereocenters. The van der Waals surface area contributed by atoms with Gasteiger partial charge in [0, 0.05) is 28.1 Å². The van der Waals surface area contributed by atoms with Crippen molar-refractivity contribution in [2.75, 3.05) is 17.5 Å². The molecule has 0 bridgehead atoms. The van der Waals surface area contributed by atoms with Crippen molar-refractivity contribution < 1.29 is 32.4 Å². The zero-order valence-corrected chi connectivity index (χ0v) is 25.1. The van der Waals surface area contributed by atoms with Gasteiger partial charge in [0.15, 0.2) is 0 Å². The van der Waals surface area contributed by atoms with E-state index in [0.717, 1.165) is 35.2 Å². The predicted octanol–water partition coefficient (Wildman–Crippen LogP) is 7.95. The monoisotopic (exact) mass is 684 g/mol. The van der Waals surface area contributed by atoms with Crippen LogP contribution in [0.5, 0.6) is 0 Å². The number of alkyl halides is 3. The molecular weight excluding hydrogens is 665 g/mol. The minimum atomic E-state index is -4.71. The lowest BCUT2D eigenvalue weighted by molar-refractivity contribution is -0.387. The number of nitro benzene ring substituents is 1. The number of hydrogen-bond donors (Lipinski definition) is 0. The summed E-state index contributed by atoms with van der Waals surface area (Å²) in [5, 5.41) is 16.4. The molecule has 0 N–H and O–H groups in total. The van der Waals surface area contributed by atoms with Crippen molar-refractivity contribution in [3.05, 3.63) is 97.5 Å². The van der Waals surface area contributed by atoms with Crippen LogP contribution in [0.15, 0.2) is 81.2 Å². The summed E-state index contributed by atoms with van der Waals surface area (Å²) in [4.78, 5) is 38.4. The van der Waals surface area contributed by atoms with Crippen molar-refractivity contribution in [3.8, 4) is 0 Å². The summed E-state index contributed by atoms with van der Waals surface area (Å²) in [6.07, 6.45) is -4.71. The lowest BCUT2D eigenvalue weighted by Gasteiger charge is -2.27. The average Bonchev–Trinajstić information content (AvgIpc) is 3.30. The molecule has 0 saturated heterocycles. The van der Waals surface area contributed by atoms with Crippen LogP contribution in [0.2, 0.25) is 5.02 Å².